The molecule has 5 nitrogen and oxygen atoms in total. The Hall–Kier alpha value is -1.56. The van der Waals surface area contributed by atoms with Gasteiger partial charge in [-0.2, -0.15) is 9.78 Å². The molecule has 94 valence electrons. The molecule has 0 unspecified atom stereocenters. The summed E-state index contributed by atoms with van der Waals surface area (Å²) in [5.74, 6) is -0.230. The van der Waals surface area contributed by atoms with Crippen LogP contribution in [0.2, 0.25) is 10.0 Å². The van der Waals surface area contributed by atoms with Crippen molar-refractivity contribution in [3.63, 3.8) is 0 Å². The van der Waals surface area contributed by atoms with Gasteiger partial charge in [0.2, 0.25) is 0 Å². The number of hydrogen-bond acceptors (Lipinski definition) is 4. The maximum Gasteiger partial charge on any atom is 0.275 e. The molecule has 0 saturated heterocycles. The predicted octanol–water partition coefficient (Wildman–Crippen LogP) is 1.70. The van der Waals surface area contributed by atoms with Crippen LogP contribution in [0.1, 0.15) is 5.69 Å². The van der Waals surface area contributed by atoms with Crippen LogP contribution >= 0.6 is 23.2 Å². The van der Waals surface area contributed by atoms with Gasteiger partial charge in [0.1, 0.15) is 11.4 Å². The van der Waals surface area contributed by atoms with Crippen molar-refractivity contribution in [3.8, 4) is 11.4 Å². The van der Waals surface area contributed by atoms with Gasteiger partial charge < -0.3 is 10.8 Å². The maximum atomic E-state index is 11.7. The van der Waals surface area contributed by atoms with E-state index in [1.807, 2.05) is 0 Å². The van der Waals surface area contributed by atoms with Crippen LogP contribution in [0.15, 0.2) is 29.1 Å². The van der Waals surface area contributed by atoms with E-state index in [2.05, 4.69) is 5.10 Å². The molecule has 2 rings (SSSR count). The lowest BCUT2D eigenvalue weighted by molar-refractivity contribution is 0.457. The van der Waals surface area contributed by atoms with Crippen molar-refractivity contribution in [3.05, 3.63) is 50.4 Å². The van der Waals surface area contributed by atoms with E-state index in [9.17, 15) is 9.90 Å². The summed E-state index contributed by atoms with van der Waals surface area (Å²) in [4.78, 5) is 11.7. The SMILES string of the molecule is NCc1nn(-c2cc(Cl)cc(Cl)c2)c(=O)cc1O. The second-order valence-electron chi connectivity index (χ2n) is 3.56. The Morgan fingerprint density at radius 3 is 2.39 bits per heavy atom. The molecule has 1 aromatic heterocycles. The van der Waals surface area contributed by atoms with E-state index in [0.29, 0.717) is 15.7 Å². The monoisotopic (exact) mass is 285 g/mol. The summed E-state index contributed by atoms with van der Waals surface area (Å²) in [6.07, 6.45) is 0. The summed E-state index contributed by atoms with van der Waals surface area (Å²) in [5, 5.41) is 14.2. The topological polar surface area (TPSA) is 81.1 Å². The van der Waals surface area contributed by atoms with Crippen LogP contribution in [0.3, 0.4) is 0 Å². The highest BCUT2D eigenvalue weighted by Gasteiger charge is 2.09. The molecule has 0 spiro atoms. The molecule has 2 aromatic rings. The van der Waals surface area contributed by atoms with E-state index in [1.165, 1.54) is 0 Å². The molecular weight excluding hydrogens is 277 g/mol. The molecule has 0 bridgehead atoms. The average molecular weight is 286 g/mol. The van der Waals surface area contributed by atoms with Crippen molar-refractivity contribution in [1.82, 2.24) is 9.78 Å². The first-order valence-electron chi connectivity index (χ1n) is 5.00. The zero-order chi connectivity index (χ0) is 13.3. The van der Waals surface area contributed by atoms with Crippen LogP contribution < -0.4 is 11.3 Å². The van der Waals surface area contributed by atoms with Crippen molar-refractivity contribution in [2.45, 2.75) is 6.54 Å². The highest BCUT2D eigenvalue weighted by atomic mass is 35.5. The molecule has 1 aromatic carbocycles. The number of hydrogen-bond donors (Lipinski definition) is 2. The minimum Gasteiger partial charge on any atom is -0.506 e. The van der Waals surface area contributed by atoms with Crippen molar-refractivity contribution in [2.75, 3.05) is 0 Å². The van der Waals surface area contributed by atoms with Crippen molar-refractivity contribution in [1.29, 1.82) is 0 Å². The Balaban J connectivity index is 2.67. The van der Waals surface area contributed by atoms with Gasteiger partial charge in [0, 0.05) is 22.7 Å². The summed E-state index contributed by atoms with van der Waals surface area (Å²) >= 11 is 11.7. The number of nitrogens with two attached hydrogens (primary N) is 1. The van der Waals surface area contributed by atoms with E-state index in [0.717, 1.165) is 10.7 Å². The molecule has 0 aliphatic heterocycles. The lowest BCUT2D eigenvalue weighted by atomic mass is 10.3. The van der Waals surface area contributed by atoms with Crippen LogP contribution in [0.5, 0.6) is 5.75 Å². The Morgan fingerprint density at radius 2 is 1.83 bits per heavy atom. The molecule has 0 atom stereocenters. The van der Waals surface area contributed by atoms with Crippen molar-refractivity contribution in [2.24, 2.45) is 5.73 Å². The van der Waals surface area contributed by atoms with Gasteiger partial charge in [-0.3, -0.25) is 4.79 Å². The van der Waals surface area contributed by atoms with Crippen LogP contribution in [0, 0.1) is 0 Å². The lowest BCUT2D eigenvalue weighted by Gasteiger charge is -2.08. The van der Waals surface area contributed by atoms with E-state index < -0.39 is 5.56 Å². The van der Waals surface area contributed by atoms with Crippen LogP contribution in [-0.2, 0) is 6.54 Å². The third-order valence-corrected chi connectivity index (χ3v) is 2.71. The number of halogens is 2. The zero-order valence-corrected chi connectivity index (χ0v) is 10.6. The largest absolute Gasteiger partial charge is 0.506 e. The van der Waals surface area contributed by atoms with Gasteiger partial charge in [-0.15, -0.1) is 0 Å². The summed E-state index contributed by atoms with van der Waals surface area (Å²) < 4.78 is 1.08. The van der Waals surface area contributed by atoms with Crippen molar-refractivity contribution >= 4 is 23.2 Å². The minimum absolute atomic E-state index is 0.0143. The fourth-order valence-corrected chi connectivity index (χ4v) is 1.99. The number of aromatic hydroxyl groups is 1. The molecule has 7 heteroatoms. The third-order valence-electron chi connectivity index (χ3n) is 2.27. The van der Waals surface area contributed by atoms with Gasteiger partial charge in [0.25, 0.3) is 5.56 Å². The van der Waals surface area contributed by atoms with Gasteiger partial charge in [0.15, 0.2) is 0 Å². The van der Waals surface area contributed by atoms with E-state index in [1.54, 1.807) is 18.2 Å². The van der Waals surface area contributed by atoms with Crippen LogP contribution in [0.4, 0.5) is 0 Å². The molecule has 18 heavy (non-hydrogen) atoms. The maximum absolute atomic E-state index is 11.7. The molecule has 0 aliphatic rings. The number of benzene rings is 1. The Bertz CT molecular complexity index is 635. The minimum atomic E-state index is -0.497. The third kappa shape index (κ3) is 2.48. The van der Waals surface area contributed by atoms with Crippen LogP contribution in [0.25, 0.3) is 5.69 Å². The number of rotatable bonds is 2. The summed E-state index contributed by atoms with van der Waals surface area (Å²) in [5.41, 5.74) is 5.54. The van der Waals surface area contributed by atoms with Crippen LogP contribution in [-0.4, -0.2) is 14.9 Å². The second-order valence-corrected chi connectivity index (χ2v) is 4.43. The highest BCUT2D eigenvalue weighted by molar-refractivity contribution is 6.34. The fraction of sp³-hybridized carbons (Fsp3) is 0.0909. The first-order valence-corrected chi connectivity index (χ1v) is 5.75. The summed E-state index contributed by atoms with van der Waals surface area (Å²) in [6.45, 7) is 0.0143. The first-order chi connectivity index (χ1) is 8.51. The van der Waals surface area contributed by atoms with Gasteiger partial charge >= 0.3 is 0 Å². The molecule has 3 N–H and O–H groups in total. The van der Waals surface area contributed by atoms with Crippen molar-refractivity contribution < 1.29 is 5.11 Å². The van der Waals surface area contributed by atoms with E-state index >= 15 is 0 Å². The predicted molar refractivity (Wildman–Crippen MR) is 69.4 cm³/mol. The summed E-state index contributed by atoms with van der Waals surface area (Å²) in [6, 6.07) is 5.67. The molecule has 1 heterocycles. The second kappa shape index (κ2) is 4.97. The number of nitrogens with zero attached hydrogens (tertiary/aromatic N) is 2. The van der Waals surface area contributed by atoms with Gasteiger partial charge in [-0.1, -0.05) is 23.2 Å². The van der Waals surface area contributed by atoms with Gasteiger partial charge in [-0.25, -0.2) is 0 Å². The standard InChI is InChI=1S/C11H9Cl2N3O2/c12-6-1-7(13)3-8(2-6)16-11(18)4-10(17)9(5-14)15-16/h1-4,17H,5,14H2. The fourth-order valence-electron chi connectivity index (χ4n) is 1.47. The van der Waals surface area contributed by atoms with E-state index in [-0.39, 0.29) is 18.0 Å². The summed E-state index contributed by atoms with van der Waals surface area (Å²) in [7, 11) is 0. The molecule has 0 radical (unpaired) electrons. The highest BCUT2D eigenvalue weighted by Crippen LogP contribution is 2.21. The zero-order valence-electron chi connectivity index (χ0n) is 9.10. The Kier molecular flexibility index (Phi) is 3.56. The molecule has 0 amide bonds. The van der Waals surface area contributed by atoms with Gasteiger partial charge in [-0.05, 0) is 18.2 Å². The average Bonchev–Trinajstić information content (AvgIpc) is 2.27. The number of aromatic nitrogens is 2. The lowest BCUT2D eigenvalue weighted by Crippen LogP contribution is -2.22. The molecule has 0 saturated carbocycles. The Labute approximate surface area is 112 Å². The Morgan fingerprint density at radius 1 is 1.22 bits per heavy atom. The molecule has 0 aliphatic carbocycles. The molecule has 0 fully saturated rings. The molecular formula is C11H9Cl2N3O2. The quantitative estimate of drug-likeness (QED) is 0.880. The van der Waals surface area contributed by atoms with Gasteiger partial charge in [0.05, 0.1) is 5.69 Å². The first kappa shape index (κ1) is 12.9. The normalized spacial score (nSPS) is 10.6. The smallest absolute Gasteiger partial charge is 0.275 e. The van der Waals surface area contributed by atoms with E-state index in [4.69, 9.17) is 28.9 Å².